The molecule has 1 N–H and O–H groups in total. The van der Waals surface area contributed by atoms with Crippen molar-refractivity contribution in [3.8, 4) is 5.75 Å². The van der Waals surface area contributed by atoms with Gasteiger partial charge >= 0.3 is 0 Å². The summed E-state index contributed by atoms with van der Waals surface area (Å²) in [7, 11) is 0. The smallest absolute Gasteiger partial charge is 0.119 e. The summed E-state index contributed by atoms with van der Waals surface area (Å²) in [6, 6.07) is 7.45. The van der Waals surface area contributed by atoms with E-state index in [1.807, 2.05) is 38.1 Å². The number of nitrogens with zero attached hydrogens (tertiary/aromatic N) is 2. The van der Waals surface area contributed by atoms with E-state index in [-0.39, 0.29) is 0 Å². The summed E-state index contributed by atoms with van der Waals surface area (Å²) in [4.78, 5) is 0.777. The molecular formula is C12H14N2O2S. The van der Waals surface area contributed by atoms with Crippen LogP contribution in [-0.4, -0.2) is 21.3 Å². The predicted octanol–water partition coefficient (Wildman–Crippen LogP) is 2.33. The lowest BCUT2D eigenvalue weighted by Gasteiger charge is -2.11. The maximum atomic E-state index is 10.2. The molecule has 5 heteroatoms. The monoisotopic (exact) mass is 250 g/mol. The molecule has 0 amide bonds. The quantitative estimate of drug-likeness (QED) is 0.904. The normalized spacial score (nSPS) is 12.4. The number of hydrogen-bond acceptors (Lipinski definition) is 5. The van der Waals surface area contributed by atoms with E-state index in [0.717, 1.165) is 21.9 Å². The third kappa shape index (κ3) is 2.62. The molecule has 1 aromatic heterocycles. The van der Waals surface area contributed by atoms with Gasteiger partial charge in [-0.25, -0.2) is 0 Å². The molecule has 1 atom stereocenters. The lowest BCUT2D eigenvalue weighted by molar-refractivity contribution is 0.222. The summed E-state index contributed by atoms with van der Waals surface area (Å²) in [6.07, 6.45) is -0.685. The van der Waals surface area contributed by atoms with Crippen molar-refractivity contribution in [2.24, 2.45) is 0 Å². The molecule has 1 aromatic carbocycles. The first-order valence-corrected chi connectivity index (χ1v) is 6.19. The van der Waals surface area contributed by atoms with Crippen molar-refractivity contribution in [3.63, 3.8) is 0 Å². The summed E-state index contributed by atoms with van der Waals surface area (Å²) in [5.41, 5.74) is 1.56. The Morgan fingerprint density at radius 1 is 1.47 bits per heavy atom. The SMILES string of the molecule is CCOc1cccc(C(O)c2snnc2C)c1. The van der Waals surface area contributed by atoms with Gasteiger partial charge in [0.2, 0.25) is 0 Å². The number of hydrogen-bond donors (Lipinski definition) is 1. The molecule has 0 bridgehead atoms. The highest BCUT2D eigenvalue weighted by Gasteiger charge is 2.16. The Hall–Kier alpha value is -1.46. The number of aryl methyl sites for hydroxylation is 1. The van der Waals surface area contributed by atoms with Gasteiger partial charge in [-0.1, -0.05) is 16.6 Å². The van der Waals surface area contributed by atoms with E-state index in [1.54, 1.807) is 0 Å². The van der Waals surface area contributed by atoms with Crippen LogP contribution in [0.15, 0.2) is 24.3 Å². The third-order valence-corrected chi connectivity index (χ3v) is 3.30. The zero-order valence-corrected chi connectivity index (χ0v) is 10.6. The van der Waals surface area contributed by atoms with E-state index in [4.69, 9.17) is 4.74 Å². The van der Waals surface area contributed by atoms with Crippen molar-refractivity contribution in [3.05, 3.63) is 40.4 Å². The minimum atomic E-state index is -0.685. The topological polar surface area (TPSA) is 55.2 Å². The van der Waals surface area contributed by atoms with E-state index < -0.39 is 6.10 Å². The molecule has 1 heterocycles. The molecule has 90 valence electrons. The van der Waals surface area contributed by atoms with Gasteiger partial charge in [0.15, 0.2) is 0 Å². The predicted molar refractivity (Wildman–Crippen MR) is 66.3 cm³/mol. The van der Waals surface area contributed by atoms with Gasteiger partial charge in [-0.05, 0) is 43.1 Å². The van der Waals surface area contributed by atoms with Crippen LogP contribution in [0.3, 0.4) is 0 Å². The fraction of sp³-hybridized carbons (Fsp3) is 0.333. The highest BCUT2D eigenvalue weighted by molar-refractivity contribution is 7.05. The van der Waals surface area contributed by atoms with Gasteiger partial charge in [-0.15, -0.1) is 5.10 Å². The van der Waals surface area contributed by atoms with Crippen LogP contribution in [0, 0.1) is 6.92 Å². The van der Waals surface area contributed by atoms with Crippen molar-refractivity contribution in [2.45, 2.75) is 20.0 Å². The van der Waals surface area contributed by atoms with Crippen molar-refractivity contribution in [1.29, 1.82) is 0 Å². The van der Waals surface area contributed by atoms with Gasteiger partial charge in [0.05, 0.1) is 17.2 Å². The van der Waals surface area contributed by atoms with E-state index in [1.165, 1.54) is 11.5 Å². The van der Waals surface area contributed by atoms with Gasteiger partial charge in [0.1, 0.15) is 11.9 Å². The average Bonchev–Trinajstić information content (AvgIpc) is 2.75. The molecule has 0 aliphatic rings. The highest BCUT2D eigenvalue weighted by atomic mass is 32.1. The Bertz CT molecular complexity index is 499. The minimum Gasteiger partial charge on any atom is -0.494 e. The van der Waals surface area contributed by atoms with Crippen LogP contribution >= 0.6 is 11.5 Å². The molecule has 0 spiro atoms. The van der Waals surface area contributed by atoms with Crippen LogP contribution in [0.25, 0.3) is 0 Å². The molecule has 0 saturated carbocycles. The van der Waals surface area contributed by atoms with Crippen molar-refractivity contribution >= 4 is 11.5 Å². The molecule has 17 heavy (non-hydrogen) atoms. The second-order valence-electron chi connectivity index (χ2n) is 3.63. The summed E-state index contributed by atoms with van der Waals surface area (Å²) >= 11 is 1.22. The number of aliphatic hydroxyl groups excluding tert-OH is 1. The molecule has 2 aromatic rings. The van der Waals surface area contributed by atoms with Crippen LogP contribution in [0.5, 0.6) is 5.75 Å². The average molecular weight is 250 g/mol. The summed E-state index contributed by atoms with van der Waals surface area (Å²) < 4.78 is 9.23. The first-order valence-electron chi connectivity index (χ1n) is 5.42. The molecule has 0 radical (unpaired) electrons. The maximum Gasteiger partial charge on any atom is 0.119 e. The standard InChI is InChI=1S/C12H14N2O2S/c1-3-16-10-6-4-5-9(7-10)11(15)12-8(2)13-14-17-12/h4-7,11,15H,3H2,1-2H3. The Morgan fingerprint density at radius 3 is 2.94 bits per heavy atom. The van der Waals surface area contributed by atoms with E-state index in [9.17, 15) is 5.11 Å². The second-order valence-corrected chi connectivity index (χ2v) is 4.42. The Labute approximate surface area is 104 Å². The zero-order valence-electron chi connectivity index (χ0n) is 9.75. The van der Waals surface area contributed by atoms with Gasteiger partial charge in [0.25, 0.3) is 0 Å². The van der Waals surface area contributed by atoms with Gasteiger partial charge in [-0.2, -0.15) is 0 Å². The number of ether oxygens (including phenoxy) is 1. The second kappa shape index (κ2) is 5.25. The summed E-state index contributed by atoms with van der Waals surface area (Å²) in [6.45, 7) is 4.38. The lowest BCUT2D eigenvalue weighted by atomic mass is 10.1. The Kier molecular flexibility index (Phi) is 3.71. The highest BCUT2D eigenvalue weighted by Crippen LogP contribution is 2.28. The largest absolute Gasteiger partial charge is 0.494 e. The van der Waals surface area contributed by atoms with Crippen LogP contribution in [0.2, 0.25) is 0 Å². The molecule has 2 rings (SSSR count). The van der Waals surface area contributed by atoms with Crippen LogP contribution in [0.1, 0.15) is 29.2 Å². The zero-order chi connectivity index (χ0) is 12.3. The molecular weight excluding hydrogens is 236 g/mol. The molecule has 0 aliphatic heterocycles. The molecule has 0 saturated heterocycles. The third-order valence-electron chi connectivity index (χ3n) is 2.42. The Morgan fingerprint density at radius 2 is 2.29 bits per heavy atom. The van der Waals surface area contributed by atoms with E-state index >= 15 is 0 Å². The summed E-state index contributed by atoms with van der Waals surface area (Å²) in [5.74, 6) is 0.763. The lowest BCUT2D eigenvalue weighted by Crippen LogP contribution is -2.00. The van der Waals surface area contributed by atoms with Crippen molar-refractivity contribution < 1.29 is 9.84 Å². The molecule has 0 fully saturated rings. The first-order chi connectivity index (χ1) is 8.22. The fourth-order valence-electron chi connectivity index (χ4n) is 1.58. The summed E-state index contributed by atoms with van der Waals surface area (Å²) in [5, 5.41) is 14.1. The minimum absolute atomic E-state index is 0.612. The number of aliphatic hydroxyl groups is 1. The van der Waals surface area contributed by atoms with E-state index in [0.29, 0.717) is 6.61 Å². The van der Waals surface area contributed by atoms with Gasteiger partial charge in [0, 0.05) is 0 Å². The molecule has 4 nitrogen and oxygen atoms in total. The fourth-order valence-corrected chi connectivity index (χ4v) is 2.24. The molecule has 1 unspecified atom stereocenters. The molecule has 0 aliphatic carbocycles. The van der Waals surface area contributed by atoms with Crippen molar-refractivity contribution in [1.82, 2.24) is 9.59 Å². The van der Waals surface area contributed by atoms with Gasteiger partial charge in [-0.3, -0.25) is 0 Å². The van der Waals surface area contributed by atoms with Crippen LogP contribution in [0.4, 0.5) is 0 Å². The number of benzene rings is 1. The maximum absolute atomic E-state index is 10.2. The Balaban J connectivity index is 2.28. The van der Waals surface area contributed by atoms with Gasteiger partial charge < -0.3 is 9.84 Å². The van der Waals surface area contributed by atoms with Crippen LogP contribution < -0.4 is 4.74 Å². The van der Waals surface area contributed by atoms with Crippen LogP contribution in [-0.2, 0) is 0 Å². The van der Waals surface area contributed by atoms with E-state index in [2.05, 4.69) is 9.59 Å². The number of rotatable bonds is 4. The first kappa shape index (κ1) is 12.0. The number of aromatic nitrogens is 2. The van der Waals surface area contributed by atoms with Crippen molar-refractivity contribution in [2.75, 3.05) is 6.61 Å².